The van der Waals surface area contributed by atoms with Gasteiger partial charge < -0.3 is 4.52 Å². The van der Waals surface area contributed by atoms with Gasteiger partial charge in [0.1, 0.15) is 5.76 Å². The molecule has 2 nitrogen and oxygen atoms in total. The highest BCUT2D eigenvalue weighted by molar-refractivity contribution is 6.17. The summed E-state index contributed by atoms with van der Waals surface area (Å²) in [6.07, 6.45) is 7.52. The van der Waals surface area contributed by atoms with Gasteiger partial charge in [-0.25, -0.2) is 0 Å². The Bertz CT molecular complexity index is 424. The van der Waals surface area contributed by atoms with Crippen LogP contribution >= 0.6 is 11.6 Å². The molecule has 2 fully saturated rings. The van der Waals surface area contributed by atoms with E-state index in [0.29, 0.717) is 23.1 Å². The van der Waals surface area contributed by atoms with E-state index in [1.165, 1.54) is 49.8 Å². The molecule has 100 valence electrons. The zero-order valence-electron chi connectivity index (χ0n) is 11.3. The van der Waals surface area contributed by atoms with E-state index in [2.05, 4.69) is 19.0 Å². The Balaban J connectivity index is 1.80. The highest BCUT2D eigenvalue weighted by atomic mass is 35.5. The summed E-state index contributed by atoms with van der Waals surface area (Å²) in [6, 6.07) is 0. The Morgan fingerprint density at radius 2 is 1.83 bits per heavy atom. The summed E-state index contributed by atoms with van der Waals surface area (Å²) in [6.45, 7) is 4.73. The smallest absolute Gasteiger partial charge is 0.144 e. The fourth-order valence-corrected chi connectivity index (χ4v) is 3.40. The molecule has 0 N–H and O–H groups in total. The van der Waals surface area contributed by atoms with Crippen molar-refractivity contribution in [3.8, 4) is 0 Å². The lowest BCUT2D eigenvalue weighted by Gasteiger charge is -2.33. The number of hydrogen-bond donors (Lipinski definition) is 0. The minimum atomic E-state index is 0.501. The number of alkyl halides is 1. The summed E-state index contributed by atoms with van der Waals surface area (Å²) in [5.41, 5.74) is 2.88. The minimum Gasteiger partial charge on any atom is -0.360 e. The Morgan fingerprint density at radius 3 is 2.39 bits per heavy atom. The second-order valence-electron chi connectivity index (χ2n) is 6.76. The Hall–Kier alpha value is -0.500. The molecule has 1 aromatic heterocycles. The second-order valence-corrected chi connectivity index (χ2v) is 7.02. The van der Waals surface area contributed by atoms with Gasteiger partial charge in [-0.15, -0.1) is 11.6 Å². The molecular weight excluding hydrogens is 246 g/mol. The van der Waals surface area contributed by atoms with Crippen LogP contribution in [0.4, 0.5) is 0 Å². The maximum atomic E-state index is 6.13. The molecule has 3 rings (SSSR count). The third-order valence-electron chi connectivity index (χ3n) is 4.66. The van der Waals surface area contributed by atoms with Gasteiger partial charge >= 0.3 is 0 Å². The van der Waals surface area contributed by atoms with Crippen molar-refractivity contribution in [3.05, 3.63) is 17.0 Å². The highest BCUT2D eigenvalue weighted by Crippen LogP contribution is 2.47. The van der Waals surface area contributed by atoms with Crippen molar-refractivity contribution in [2.45, 2.75) is 70.1 Å². The summed E-state index contributed by atoms with van der Waals surface area (Å²) in [4.78, 5) is 0. The molecule has 0 saturated heterocycles. The zero-order valence-corrected chi connectivity index (χ0v) is 12.1. The van der Waals surface area contributed by atoms with Crippen LogP contribution in [0.2, 0.25) is 0 Å². The SMILES string of the molecule is CC1(C)CCC(c2noc(C3CC3)c2CCl)CC1. The van der Waals surface area contributed by atoms with Crippen molar-refractivity contribution in [1.82, 2.24) is 5.16 Å². The van der Waals surface area contributed by atoms with E-state index in [-0.39, 0.29) is 0 Å². The Labute approximate surface area is 114 Å². The molecule has 2 aliphatic carbocycles. The summed E-state index contributed by atoms with van der Waals surface area (Å²) in [5.74, 6) is 2.83. The van der Waals surface area contributed by atoms with Gasteiger partial charge in [0.2, 0.25) is 0 Å². The molecule has 0 amide bonds. The lowest BCUT2D eigenvalue weighted by molar-refractivity contribution is 0.219. The number of hydrogen-bond acceptors (Lipinski definition) is 2. The van der Waals surface area contributed by atoms with Crippen LogP contribution in [0.1, 0.15) is 81.2 Å². The number of rotatable bonds is 3. The summed E-state index contributed by atoms with van der Waals surface area (Å²) < 4.78 is 5.58. The normalized spacial score (nSPS) is 24.4. The van der Waals surface area contributed by atoms with Crippen molar-refractivity contribution < 1.29 is 4.52 Å². The first-order chi connectivity index (χ1) is 8.61. The topological polar surface area (TPSA) is 26.0 Å². The fourth-order valence-electron chi connectivity index (χ4n) is 3.13. The number of aromatic nitrogens is 1. The van der Waals surface area contributed by atoms with Crippen molar-refractivity contribution in [1.29, 1.82) is 0 Å². The van der Waals surface area contributed by atoms with Crippen LogP contribution in [0.5, 0.6) is 0 Å². The minimum absolute atomic E-state index is 0.501. The van der Waals surface area contributed by atoms with E-state index < -0.39 is 0 Å². The molecule has 18 heavy (non-hydrogen) atoms. The van der Waals surface area contributed by atoms with Gasteiger partial charge in [0.15, 0.2) is 0 Å². The summed E-state index contributed by atoms with van der Waals surface area (Å²) in [5, 5.41) is 4.36. The predicted molar refractivity (Wildman–Crippen MR) is 73.0 cm³/mol. The average molecular weight is 268 g/mol. The van der Waals surface area contributed by atoms with E-state index in [0.717, 1.165) is 5.76 Å². The third-order valence-corrected chi connectivity index (χ3v) is 4.92. The number of nitrogens with zero attached hydrogens (tertiary/aromatic N) is 1. The quantitative estimate of drug-likeness (QED) is 0.723. The van der Waals surface area contributed by atoms with E-state index >= 15 is 0 Å². The van der Waals surface area contributed by atoms with Gasteiger partial charge in [0.25, 0.3) is 0 Å². The molecule has 0 spiro atoms. The van der Waals surface area contributed by atoms with Gasteiger partial charge in [-0.05, 0) is 43.9 Å². The monoisotopic (exact) mass is 267 g/mol. The first kappa shape index (κ1) is 12.5. The van der Waals surface area contributed by atoms with Gasteiger partial charge in [-0.2, -0.15) is 0 Å². The lowest BCUT2D eigenvalue weighted by atomic mass is 9.72. The summed E-state index contributed by atoms with van der Waals surface area (Å²) >= 11 is 6.13. The number of halogens is 1. The standard InChI is InChI=1S/C15H22ClNO/c1-15(2)7-5-10(6-8-15)13-12(9-16)14(18-17-13)11-3-4-11/h10-11H,3-9H2,1-2H3. The molecule has 3 heteroatoms. The first-order valence-electron chi connectivity index (χ1n) is 7.15. The molecule has 1 heterocycles. The van der Waals surface area contributed by atoms with Crippen molar-refractivity contribution in [2.75, 3.05) is 0 Å². The van der Waals surface area contributed by atoms with E-state index in [4.69, 9.17) is 16.1 Å². The zero-order chi connectivity index (χ0) is 12.8. The first-order valence-corrected chi connectivity index (χ1v) is 7.68. The van der Waals surface area contributed by atoms with Gasteiger partial charge in [0, 0.05) is 17.4 Å². The molecule has 0 bridgehead atoms. The highest BCUT2D eigenvalue weighted by Gasteiger charge is 2.35. The molecule has 2 saturated carbocycles. The molecule has 0 unspecified atom stereocenters. The molecule has 2 aliphatic rings. The van der Waals surface area contributed by atoms with Crippen LogP contribution in [0.25, 0.3) is 0 Å². The van der Waals surface area contributed by atoms with Crippen LogP contribution in [0, 0.1) is 5.41 Å². The van der Waals surface area contributed by atoms with Gasteiger partial charge in [-0.1, -0.05) is 19.0 Å². The average Bonchev–Trinajstić information content (AvgIpc) is 3.09. The molecule has 0 aromatic carbocycles. The van der Waals surface area contributed by atoms with Gasteiger partial charge in [-0.3, -0.25) is 0 Å². The fraction of sp³-hybridized carbons (Fsp3) is 0.800. The molecular formula is C15H22ClNO. The maximum absolute atomic E-state index is 6.13. The second kappa shape index (κ2) is 4.56. The lowest BCUT2D eigenvalue weighted by Crippen LogP contribution is -2.20. The third kappa shape index (κ3) is 2.32. The van der Waals surface area contributed by atoms with Crippen LogP contribution in [-0.2, 0) is 5.88 Å². The van der Waals surface area contributed by atoms with E-state index in [1.54, 1.807) is 0 Å². The van der Waals surface area contributed by atoms with E-state index in [9.17, 15) is 0 Å². The van der Waals surface area contributed by atoms with Crippen LogP contribution in [0.3, 0.4) is 0 Å². The Kier molecular flexibility index (Phi) is 3.17. The van der Waals surface area contributed by atoms with Crippen molar-refractivity contribution in [2.24, 2.45) is 5.41 Å². The largest absolute Gasteiger partial charge is 0.360 e. The predicted octanol–water partition coefficient (Wildman–Crippen LogP) is 4.97. The molecule has 0 atom stereocenters. The van der Waals surface area contributed by atoms with Gasteiger partial charge in [0.05, 0.1) is 11.6 Å². The summed E-state index contributed by atoms with van der Waals surface area (Å²) in [7, 11) is 0. The van der Waals surface area contributed by atoms with Crippen molar-refractivity contribution >= 4 is 11.6 Å². The Morgan fingerprint density at radius 1 is 1.17 bits per heavy atom. The van der Waals surface area contributed by atoms with Crippen molar-refractivity contribution in [3.63, 3.8) is 0 Å². The molecule has 0 radical (unpaired) electrons. The molecule has 0 aliphatic heterocycles. The van der Waals surface area contributed by atoms with Crippen LogP contribution in [-0.4, -0.2) is 5.16 Å². The molecule has 1 aromatic rings. The van der Waals surface area contributed by atoms with E-state index in [1.807, 2.05) is 0 Å². The van der Waals surface area contributed by atoms with Crippen LogP contribution < -0.4 is 0 Å². The maximum Gasteiger partial charge on any atom is 0.144 e. The van der Waals surface area contributed by atoms with Crippen LogP contribution in [0.15, 0.2) is 4.52 Å².